The van der Waals surface area contributed by atoms with Crippen LogP contribution < -0.4 is 5.73 Å². The minimum absolute atomic E-state index is 0.289. The zero-order valence-electron chi connectivity index (χ0n) is 9.84. The second kappa shape index (κ2) is 5.31. The SMILES string of the molecule is N#Cc1ccccc1[C@@H](N)[C@@H](O)C1CCCC1. The first-order valence-electron chi connectivity index (χ1n) is 6.16. The molecule has 0 bridgehead atoms. The summed E-state index contributed by atoms with van der Waals surface area (Å²) in [5.74, 6) is 0.289. The number of nitrogens with zero attached hydrogens (tertiary/aromatic N) is 1. The Kier molecular flexibility index (Phi) is 3.78. The number of nitrogens with two attached hydrogens (primary N) is 1. The Balaban J connectivity index is 2.18. The van der Waals surface area contributed by atoms with E-state index in [9.17, 15) is 5.11 Å². The third-order valence-corrected chi connectivity index (χ3v) is 3.69. The van der Waals surface area contributed by atoms with Gasteiger partial charge in [0.15, 0.2) is 0 Å². The van der Waals surface area contributed by atoms with E-state index in [0.717, 1.165) is 18.4 Å². The number of benzene rings is 1. The van der Waals surface area contributed by atoms with Crippen molar-refractivity contribution in [2.45, 2.75) is 37.8 Å². The van der Waals surface area contributed by atoms with Crippen molar-refractivity contribution < 1.29 is 5.11 Å². The summed E-state index contributed by atoms with van der Waals surface area (Å²) in [5.41, 5.74) is 7.42. The van der Waals surface area contributed by atoms with Crippen molar-refractivity contribution in [3.63, 3.8) is 0 Å². The number of nitriles is 1. The number of hydrogen-bond donors (Lipinski definition) is 2. The van der Waals surface area contributed by atoms with E-state index >= 15 is 0 Å². The Hall–Kier alpha value is -1.37. The molecule has 1 aliphatic carbocycles. The van der Waals surface area contributed by atoms with Crippen LogP contribution in [0.5, 0.6) is 0 Å². The van der Waals surface area contributed by atoms with Crippen LogP contribution in [0, 0.1) is 17.2 Å². The van der Waals surface area contributed by atoms with E-state index in [-0.39, 0.29) is 5.92 Å². The lowest BCUT2D eigenvalue weighted by Gasteiger charge is -2.25. The third kappa shape index (κ3) is 2.49. The summed E-state index contributed by atoms with van der Waals surface area (Å²) in [4.78, 5) is 0. The first kappa shape index (κ1) is 12.1. The van der Waals surface area contributed by atoms with Crippen molar-refractivity contribution in [1.29, 1.82) is 5.26 Å². The fraction of sp³-hybridized carbons (Fsp3) is 0.500. The van der Waals surface area contributed by atoms with Gasteiger partial charge in [-0.05, 0) is 30.4 Å². The van der Waals surface area contributed by atoms with Gasteiger partial charge < -0.3 is 10.8 Å². The van der Waals surface area contributed by atoms with Crippen molar-refractivity contribution in [2.75, 3.05) is 0 Å². The molecule has 1 fully saturated rings. The molecule has 2 atom stereocenters. The topological polar surface area (TPSA) is 70.0 Å². The van der Waals surface area contributed by atoms with Crippen molar-refractivity contribution in [3.8, 4) is 6.07 Å². The monoisotopic (exact) mass is 230 g/mol. The number of rotatable bonds is 3. The van der Waals surface area contributed by atoms with Gasteiger partial charge in [-0.1, -0.05) is 31.0 Å². The highest BCUT2D eigenvalue weighted by Gasteiger charge is 2.29. The zero-order valence-corrected chi connectivity index (χ0v) is 9.84. The Labute approximate surface area is 102 Å². The summed E-state index contributed by atoms with van der Waals surface area (Å²) < 4.78 is 0. The molecule has 0 spiro atoms. The van der Waals surface area contributed by atoms with Gasteiger partial charge in [-0.15, -0.1) is 0 Å². The van der Waals surface area contributed by atoms with E-state index in [1.54, 1.807) is 6.07 Å². The van der Waals surface area contributed by atoms with Crippen LogP contribution in [-0.2, 0) is 0 Å². The lowest BCUT2D eigenvalue weighted by Crippen LogP contribution is -2.32. The lowest BCUT2D eigenvalue weighted by molar-refractivity contribution is 0.0844. The van der Waals surface area contributed by atoms with Crippen molar-refractivity contribution >= 4 is 0 Å². The maximum Gasteiger partial charge on any atom is 0.0995 e. The molecule has 1 aromatic carbocycles. The Morgan fingerprint density at radius 1 is 1.29 bits per heavy atom. The first-order valence-corrected chi connectivity index (χ1v) is 6.16. The van der Waals surface area contributed by atoms with Crippen LogP contribution in [0.3, 0.4) is 0 Å². The van der Waals surface area contributed by atoms with Crippen LogP contribution in [0.2, 0.25) is 0 Å². The molecule has 0 saturated heterocycles. The normalized spacial score (nSPS) is 19.8. The van der Waals surface area contributed by atoms with Gasteiger partial charge >= 0.3 is 0 Å². The molecular weight excluding hydrogens is 212 g/mol. The number of hydrogen-bond acceptors (Lipinski definition) is 3. The second-order valence-electron chi connectivity index (χ2n) is 4.76. The summed E-state index contributed by atoms with van der Waals surface area (Å²) in [5, 5.41) is 19.3. The van der Waals surface area contributed by atoms with Gasteiger partial charge in [0.1, 0.15) is 0 Å². The molecule has 90 valence electrons. The van der Waals surface area contributed by atoms with E-state index in [0.29, 0.717) is 5.56 Å². The van der Waals surface area contributed by atoms with Crippen LogP contribution in [0.25, 0.3) is 0 Å². The average Bonchev–Trinajstić information content (AvgIpc) is 2.90. The van der Waals surface area contributed by atoms with Gasteiger partial charge in [-0.3, -0.25) is 0 Å². The van der Waals surface area contributed by atoms with Gasteiger partial charge in [-0.2, -0.15) is 5.26 Å². The molecule has 0 aromatic heterocycles. The van der Waals surface area contributed by atoms with Crippen molar-refractivity contribution in [3.05, 3.63) is 35.4 Å². The van der Waals surface area contributed by atoms with E-state index < -0.39 is 12.1 Å². The van der Waals surface area contributed by atoms with Gasteiger partial charge in [0.2, 0.25) is 0 Å². The number of aliphatic hydroxyl groups excluding tert-OH is 1. The van der Waals surface area contributed by atoms with Crippen LogP contribution >= 0.6 is 0 Å². The molecule has 3 nitrogen and oxygen atoms in total. The van der Waals surface area contributed by atoms with E-state index in [2.05, 4.69) is 6.07 Å². The first-order chi connectivity index (χ1) is 8.24. The van der Waals surface area contributed by atoms with Crippen LogP contribution in [0.4, 0.5) is 0 Å². The van der Waals surface area contributed by atoms with Crippen molar-refractivity contribution in [2.24, 2.45) is 11.7 Å². The van der Waals surface area contributed by atoms with E-state index in [1.807, 2.05) is 18.2 Å². The molecular formula is C14H18N2O. The summed E-state index contributed by atoms with van der Waals surface area (Å²) >= 11 is 0. The summed E-state index contributed by atoms with van der Waals surface area (Å²) in [6.45, 7) is 0. The standard InChI is InChI=1S/C14H18N2O/c15-9-11-7-3-4-8-12(11)13(16)14(17)10-5-1-2-6-10/h3-4,7-8,10,13-14,17H,1-2,5-6,16H2/t13-,14+/m1/s1. The molecule has 0 heterocycles. The maximum atomic E-state index is 10.3. The summed E-state index contributed by atoms with van der Waals surface area (Å²) in [6.07, 6.45) is 3.91. The highest BCUT2D eigenvalue weighted by atomic mass is 16.3. The Morgan fingerprint density at radius 3 is 2.59 bits per heavy atom. The largest absolute Gasteiger partial charge is 0.391 e. The fourth-order valence-corrected chi connectivity index (χ4v) is 2.67. The van der Waals surface area contributed by atoms with Crippen molar-refractivity contribution in [1.82, 2.24) is 0 Å². The summed E-state index contributed by atoms with van der Waals surface area (Å²) in [6, 6.07) is 8.94. The molecule has 0 amide bonds. The fourth-order valence-electron chi connectivity index (χ4n) is 2.67. The van der Waals surface area contributed by atoms with Crippen LogP contribution in [-0.4, -0.2) is 11.2 Å². The molecule has 3 heteroatoms. The molecule has 1 aromatic rings. The lowest BCUT2D eigenvalue weighted by atomic mass is 9.89. The molecule has 2 rings (SSSR count). The third-order valence-electron chi connectivity index (χ3n) is 3.69. The molecule has 3 N–H and O–H groups in total. The molecule has 0 unspecified atom stereocenters. The van der Waals surface area contributed by atoms with Crippen LogP contribution in [0.1, 0.15) is 42.9 Å². The predicted molar refractivity (Wildman–Crippen MR) is 66.1 cm³/mol. The molecule has 1 aliphatic rings. The molecule has 17 heavy (non-hydrogen) atoms. The quantitative estimate of drug-likeness (QED) is 0.835. The highest BCUT2D eigenvalue weighted by Crippen LogP contribution is 2.33. The second-order valence-corrected chi connectivity index (χ2v) is 4.76. The summed E-state index contributed by atoms with van der Waals surface area (Å²) in [7, 11) is 0. The highest BCUT2D eigenvalue weighted by molar-refractivity contribution is 5.39. The van der Waals surface area contributed by atoms with Gasteiger partial charge in [0, 0.05) is 0 Å². The molecule has 1 saturated carbocycles. The molecule has 0 aliphatic heterocycles. The average molecular weight is 230 g/mol. The number of aliphatic hydroxyl groups is 1. The van der Waals surface area contributed by atoms with Gasteiger partial charge in [0.25, 0.3) is 0 Å². The van der Waals surface area contributed by atoms with Gasteiger partial charge in [0.05, 0.1) is 23.8 Å². The minimum Gasteiger partial charge on any atom is -0.391 e. The Morgan fingerprint density at radius 2 is 1.94 bits per heavy atom. The Bertz CT molecular complexity index is 418. The minimum atomic E-state index is -0.535. The van der Waals surface area contributed by atoms with E-state index in [1.165, 1.54) is 12.8 Å². The van der Waals surface area contributed by atoms with Gasteiger partial charge in [-0.25, -0.2) is 0 Å². The zero-order chi connectivity index (χ0) is 12.3. The predicted octanol–water partition coefficient (Wildman–Crippen LogP) is 2.11. The molecule has 0 radical (unpaired) electrons. The van der Waals surface area contributed by atoms with Crippen LogP contribution in [0.15, 0.2) is 24.3 Å². The van der Waals surface area contributed by atoms with E-state index in [4.69, 9.17) is 11.0 Å². The smallest absolute Gasteiger partial charge is 0.0995 e. The maximum absolute atomic E-state index is 10.3.